The molecular formula is C10H14ClN3O. The van der Waals surface area contributed by atoms with Crippen LogP contribution in [0.5, 0.6) is 5.75 Å². The Hall–Kier alpha value is -1.03. The van der Waals surface area contributed by atoms with Crippen LogP contribution in [0.2, 0.25) is 5.15 Å². The van der Waals surface area contributed by atoms with Gasteiger partial charge in [0.05, 0.1) is 7.11 Å². The van der Waals surface area contributed by atoms with Crippen LogP contribution in [0.1, 0.15) is 19.8 Å². The highest BCUT2D eigenvalue weighted by Crippen LogP contribution is 2.34. The molecule has 1 saturated carbocycles. The first kappa shape index (κ1) is 10.5. The van der Waals surface area contributed by atoms with Gasteiger partial charge in [-0.05, 0) is 18.8 Å². The number of anilines is 1. The lowest BCUT2D eigenvalue weighted by atomic mass is 9.81. The van der Waals surface area contributed by atoms with E-state index in [1.807, 2.05) is 0 Å². The minimum Gasteiger partial charge on any atom is -0.490 e. The summed E-state index contributed by atoms with van der Waals surface area (Å²) < 4.78 is 5.16. The topological polar surface area (TPSA) is 47.0 Å². The number of nitrogens with one attached hydrogen (secondary N) is 1. The van der Waals surface area contributed by atoms with Crippen LogP contribution in [0.15, 0.2) is 6.33 Å². The second-order valence-corrected chi connectivity index (χ2v) is 4.21. The summed E-state index contributed by atoms with van der Waals surface area (Å²) in [7, 11) is 1.57. The van der Waals surface area contributed by atoms with Gasteiger partial charge < -0.3 is 10.1 Å². The quantitative estimate of drug-likeness (QED) is 0.806. The zero-order valence-corrected chi connectivity index (χ0v) is 9.58. The number of halogens is 1. The van der Waals surface area contributed by atoms with E-state index in [2.05, 4.69) is 22.2 Å². The van der Waals surface area contributed by atoms with Crippen molar-refractivity contribution in [3.8, 4) is 5.75 Å². The number of hydrogen-bond acceptors (Lipinski definition) is 4. The summed E-state index contributed by atoms with van der Waals surface area (Å²) in [6.45, 7) is 2.22. The van der Waals surface area contributed by atoms with E-state index in [-0.39, 0.29) is 0 Å². The van der Waals surface area contributed by atoms with Crippen LogP contribution in [0.3, 0.4) is 0 Å². The fourth-order valence-corrected chi connectivity index (χ4v) is 1.90. The maximum Gasteiger partial charge on any atom is 0.198 e. The SMILES string of the molecule is COc1c(Cl)ncnc1NC1CCC1C. The molecule has 2 unspecified atom stereocenters. The molecule has 0 bridgehead atoms. The summed E-state index contributed by atoms with van der Waals surface area (Å²) in [6, 6.07) is 0.477. The van der Waals surface area contributed by atoms with Crippen LogP contribution >= 0.6 is 11.6 Å². The Morgan fingerprint density at radius 3 is 2.80 bits per heavy atom. The lowest BCUT2D eigenvalue weighted by molar-refractivity contribution is 0.301. The number of rotatable bonds is 3. The standard InChI is InChI=1S/C10H14ClN3O/c1-6-3-4-7(6)14-10-8(15-2)9(11)12-5-13-10/h5-7H,3-4H2,1-2H3,(H,12,13,14). The number of aromatic nitrogens is 2. The molecule has 2 rings (SSSR count). The van der Waals surface area contributed by atoms with Crippen molar-refractivity contribution >= 4 is 17.4 Å². The van der Waals surface area contributed by atoms with E-state index in [1.54, 1.807) is 7.11 Å². The van der Waals surface area contributed by atoms with E-state index < -0.39 is 0 Å². The average molecular weight is 228 g/mol. The van der Waals surface area contributed by atoms with E-state index >= 15 is 0 Å². The number of hydrogen-bond donors (Lipinski definition) is 1. The molecule has 1 aliphatic carbocycles. The Morgan fingerprint density at radius 1 is 1.47 bits per heavy atom. The number of ether oxygens (including phenoxy) is 1. The van der Waals surface area contributed by atoms with E-state index in [1.165, 1.54) is 19.2 Å². The minimum atomic E-state index is 0.349. The highest BCUT2D eigenvalue weighted by atomic mass is 35.5. The lowest BCUT2D eigenvalue weighted by Gasteiger charge is -2.35. The summed E-state index contributed by atoms with van der Waals surface area (Å²) in [5.74, 6) is 1.90. The Balaban J connectivity index is 2.16. The number of methoxy groups -OCH3 is 1. The molecule has 0 amide bonds. The zero-order valence-electron chi connectivity index (χ0n) is 8.83. The molecule has 15 heavy (non-hydrogen) atoms. The van der Waals surface area contributed by atoms with Gasteiger partial charge in [-0.3, -0.25) is 0 Å². The normalized spacial score (nSPS) is 24.5. The Bertz CT molecular complexity index is 359. The van der Waals surface area contributed by atoms with E-state index in [9.17, 15) is 0 Å². The highest BCUT2D eigenvalue weighted by Gasteiger charge is 2.28. The molecule has 1 N–H and O–H groups in total. The third-order valence-electron chi connectivity index (χ3n) is 2.91. The van der Waals surface area contributed by atoms with Crippen molar-refractivity contribution < 1.29 is 4.74 Å². The first-order chi connectivity index (χ1) is 7.22. The minimum absolute atomic E-state index is 0.349. The average Bonchev–Trinajstić information content (AvgIpc) is 2.24. The van der Waals surface area contributed by atoms with Crippen LogP contribution in [-0.2, 0) is 0 Å². The molecule has 1 fully saturated rings. The molecule has 0 aromatic carbocycles. The fraction of sp³-hybridized carbons (Fsp3) is 0.600. The maximum absolute atomic E-state index is 5.89. The number of nitrogens with zero attached hydrogens (tertiary/aromatic N) is 2. The molecule has 0 aliphatic heterocycles. The van der Waals surface area contributed by atoms with Crippen molar-refractivity contribution in [2.24, 2.45) is 5.92 Å². The lowest BCUT2D eigenvalue weighted by Crippen LogP contribution is -2.36. The van der Waals surface area contributed by atoms with Crippen molar-refractivity contribution in [1.29, 1.82) is 0 Å². The van der Waals surface area contributed by atoms with E-state index in [4.69, 9.17) is 16.3 Å². The largest absolute Gasteiger partial charge is 0.490 e. The van der Waals surface area contributed by atoms with Crippen LogP contribution in [-0.4, -0.2) is 23.1 Å². The third kappa shape index (κ3) is 2.00. The monoisotopic (exact) mass is 227 g/mol. The molecular weight excluding hydrogens is 214 g/mol. The van der Waals surface area contributed by atoms with Crippen LogP contribution < -0.4 is 10.1 Å². The second-order valence-electron chi connectivity index (χ2n) is 3.85. The predicted octanol–water partition coefficient (Wildman–Crippen LogP) is 2.35. The molecule has 1 aromatic rings. The Labute approximate surface area is 94.0 Å². The van der Waals surface area contributed by atoms with Crippen molar-refractivity contribution in [1.82, 2.24) is 9.97 Å². The molecule has 0 saturated heterocycles. The molecule has 0 radical (unpaired) electrons. The third-order valence-corrected chi connectivity index (χ3v) is 3.18. The van der Waals surface area contributed by atoms with Gasteiger partial charge in [0.15, 0.2) is 16.7 Å². The van der Waals surface area contributed by atoms with Gasteiger partial charge in [-0.1, -0.05) is 18.5 Å². The van der Waals surface area contributed by atoms with E-state index in [0.29, 0.717) is 28.7 Å². The van der Waals surface area contributed by atoms with Crippen molar-refractivity contribution in [3.63, 3.8) is 0 Å². The second kappa shape index (κ2) is 4.23. The van der Waals surface area contributed by atoms with Gasteiger partial charge >= 0.3 is 0 Å². The van der Waals surface area contributed by atoms with Crippen LogP contribution in [0, 0.1) is 5.92 Å². The van der Waals surface area contributed by atoms with E-state index in [0.717, 1.165) is 0 Å². The highest BCUT2D eigenvalue weighted by molar-refractivity contribution is 6.31. The molecule has 1 aliphatic rings. The van der Waals surface area contributed by atoms with Crippen molar-refractivity contribution in [2.45, 2.75) is 25.8 Å². The molecule has 4 nitrogen and oxygen atoms in total. The summed E-state index contributed by atoms with van der Waals surface area (Å²) in [5, 5.41) is 3.68. The van der Waals surface area contributed by atoms with Gasteiger partial charge in [-0.25, -0.2) is 9.97 Å². The van der Waals surface area contributed by atoms with Gasteiger partial charge in [-0.15, -0.1) is 0 Å². The van der Waals surface area contributed by atoms with Gasteiger partial charge in [0.1, 0.15) is 6.33 Å². The van der Waals surface area contributed by atoms with Crippen LogP contribution in [0.4, 0.5) is 5.82 Å². The maximum atomic E-state index is 5.89. The first-order valence-electron chi connectivity index (χ1n) is 5.03. The molecule has 5 heteroatoms. The zero-order chi connectivity index (χ0) is 10.8. The molecule has 1 heterocycles. The van der Waals surface area contributed by atoms with Gasteiger partial charge in [0.2, 0.25) is 0 Å². The molecule has 82 valence electrons. The van der Waals surface area contributed by atoms with Gasteiger partial charge in [0, 0.05) is 6.04 Å². The smallest absolute Gasteiger partial charge is 0.198 e. The summed E-state index contributed by atoms with van der Waals surface area (Å²) >= 11 is 5.89. The van der Waals surface area contributed by atoms with Crippen molar-refractivity contribution in [2.75, 3.05) is 12.4 Å². The summed E-state index contributed by atoms with van der Waals surface area (Å²) in [6.07, 6.45) is 3.88. The van der Waals surface area contributed by atoms with Crippen molar-refractivity contribution in [3.05, 3.63) is 11.5 Å². The summed E-state index contributed by atoms with van der Waals surface area (Å²) in [4.78, 5) is 8.01. The van der Waals surface area contributed by atoms with Gasteiger partial charge in [0.25, 0.3) is 0 Å². The van der Waals surface area contributed by atoms with Gasteiger partial charge in [-0.2, -0.15) is 0 Å². The first-order valence-corrected chi connectivity index (χ1v) is 5.41. The summed E-state index contributed by atoms with van der Waals surface area (Å²) in [5.41, 5.74) is 0. The Morgan fingerprint density at radius 2 is 2.27 bits per heavy atom. The fourth-order valence-electron chi connectivity index (χ4n) is 1.69. The predicted molar refractivity (Wildman–Crippen MR) is 59.4 cm³/mol. The molecule has 0 spiro atoms. The van der Waals surface area contributed by atoms with Crippen LogP contribution in [0.25, 0.3) is 0 Å². The molecule has 2 atom stereocenters. The molecule has 1 aromatic heterocycles. The Kier molecular flexibility index (Phi) is 2.95.